The maximum Gasteiger partial charge on any atom is 0.322 e. The third-order valence-electron chi connectivity index (χ3n) is 5.95. The molecule has 0 bridgehead atoms. The second-order valence-electron chi connectivity index (χ2n) is 8.46. The second kappa shape index (κ2) is 10.4. The first-order chi connectivity index (χ1) is 16.8. The average Bonchev–Trinajstić information content (AvgIpc) is 3.27. The van der Waals surface area contributed by atoms with Gasteiger partial charge >= 0.3 is 6.01 Å². The quantitative estimate of drug-likeness (QED) is 0.507. The fraction of sp³-hybridized carbons (Fsp3) is 0.375. The zero-order chi connectivity index (χ0) is 25.0. The minimum Gasteiger partial charge on any atom is -0.424 e. The van der Waals surface area contributed by atoms with Crippen molar-refractivity contribution in [2.75, 3.05) is 38.1 Å². The van der Waals surface area contributed by atoms with E-state index in [0.717, 1.165) is 31.9 Å². The Labute approximate surface area is 205 Å². The molecule has 35 heavy (non-hydrogen) atoms. The number of benzene rings is 2. The van der Waals surface area contributed by atoms with Gasteiger partial charge in [0.1, 0.15) is 5.75 Å². The van der Waals surface area contributed by atoms with Crippen LogP contribution in [0.2, 0.25) is 0 Å². The Morgan fingerprint density at radius 3 is 2.57 bits per heavy atom. The Kier molecular flexibility index (Phi) is 7.35. The smallest absolute Gasteiger partial charge is 0.322 e. The monoisotopic (exact) mass is 495 g/mol. The molecule has 1 fully saturated rings. The third-order valence-corrected chi connectivity index (χ3v) is 7.49. The largest absolute Gasteiger partial charge is 0.424 e. The number of piperazine rings is 1. The van der Waals surface area contributed by atoms with Gasteiger partial charge in [-0.1, -0.05) is 17.2 Å². The van der Waals surface area contributed by atoms with Crippen molar-refractivity contribution in [2.24, 2.45) is 0 Å². The molecule has 0 spiro atoms. The van der Waals surface area contributed by atoms with Gasteiger partial charge in [-0.25, -0.2) is 13.1 Å². The highest BCUT2D eigenvalue weighted by Gasteiger charge is 2.24. The zero-order valence-electron chi connectivity index (χ0n) is 20.0. The van der Waals surface area contributed by atoms with Crippen LogP contribution >= 0.6 is 0 Å². The molecule has 1 N–H and O–H groups in total. The lowest BCUT2D eigenvalue weighted by atomic mass is 10.2. The molecular formula is C24H29N7O3S. The van der Waals surface area contributed by atoms with Crippen LogP contribution in [0.1, 0.15) is 31.3 Å². The molecule has 1 aliphatic heterocycles. The van der Waals surface area contributed by atoms with Gasteiger partial charge in [-0.15, -0.1) is 5.10 Å². The minimum absolute atomic E-state index is 0.0168. The second-order valence-corrected chi connectivity index (χ2v) is 10.2. The molecule has 1 saturated heterocycles. The number of anilines is 1. The molecule has 0 amide bonds. The molecule has 1 atom stereocenters. The predicted octanol–water partition coefficient (Wildman–Crippen LogP) is 2.75. The molecule has 184 valence electrons. The van der Waals surface area contributed by atoms with Crippen molar-refractivity contribution in [3.63, 3.8) is 0 Å². The van der Waals surface area contributed by atoms with E-state index in [0.29, 0.717) is 18.1 Å². The van der Waals surface area contributed by atoms with Crippen LogP contribution in [0.15, 0.2) is 53.4 Å². The van der Waals surface area contributed by atoms with Crippen LogP contribution in [-0.4, -0.2) is 61.3 Å². The highest BCUT2D eigenvalue weighted by atomic mass is 32.2. The van der Waals surface area contributed by atoms with E-state index in [2.05, 4.69) is 37.8 Å². The molecule has 2 aromatic carbocycles. The molecule has 0 aliphatic carbocycles. The van der Waals surface area contributed by atoms with Crippen molar-refractivity contribution in [3.8, 4) is 17.8 Å². The van der Waals surface area contributed by atoms with Crippen molar-refractivity contribution >= 4 is 15.7 Å². The average molecular weight is 496 g/mol. The molecule has 2 heterocycles. The Morgan fingerprint density at radius 2 is 1.86 bits per heavy atom. The van der Waals surface area contributed by atoms with Crippen molar-refractivity contribution in [1.29, 1.82) is 5.26 Å². The number of aromatic nitrogens is 3. The van der Waals surface area contributed by atoms with Crippen molar-refractivity contribution in [1.82, 2.24) is 24.4 Å². The first-order valence-electron chi connectivity index (χ1n) is 11.5. The van der Waals surface area contributed by atoms with E-state index in [-0.39, 0.29) is 16.5 Å². The number of nitrogens with zero attached hydrogens (tertiary/aromatic N) is 6. The van der Waals surface area contributed by atoms with E-state index in [1.165, 1.54) is 18.2 Å². The molecule has 0 saturated carbocycles. The van der Waals surface area contributed by atoms with Crippen LogP contribution in [0.5, 0.6) is 11.8 Å². The van der Waals surface area contributed by atoms with Gasteiger partial charge in [0, 0.05) is 44.5 Å². The van der Waals surface area contributed by atoms with Crippen LogP contribution in [0.4, 0.5) is 5.69 Å². The molecule has 0 unspecified atom stereocenters. The molecule has 3 aromatic rings. The maximum absolute atomic E-state index is 12.9. The number of nitrogens with one attached hydrogen (secondary N) is 1. The Hall–Kier alpha value is -3.46. The lowest BCUT2D eigenvalue weighted by molar-refractivity contribution is 0.312. The Balaban J connectivity index is 1.51. The fourth-order valence-corrected chi connectivity index (χ4v) is 5.24. The number of ether oxygens (including phenoxy) is 1. The van der Waals surface area contributed by atoms with Crippen LogP contribution in [0.25, 0.3) is 0 Å². The summed E-state index contributed by atoms with van der Waals surface area (Å²) in [5, 5.41) is 17.5. The summed E-state index contributed by atoms with van der Waals surface area (Å²) in [7, 11) is -1.75. The number of nitriles is 1. The fourth-order valence-electron chi connectivity index (χ4n) is 3.99. The third kappa shape index (κ3) is 5.62. The summed E-state index contributed by atoms with van der Waals surface area (Å²) in [6.45, 7) is 8.01. The van der Waals surface area contributed by atoms with E-state index in [9.17, 15) is 8.42 Å². The minimum atomic E-state index is -3.87. The van der Waals surface area contributed by atoms with Crippen molar-refractivity contribution in [2.45, 2.75) is 31.3 Å². The van der Waals surface area contributed by atoms with Crippen molar-refractivity contribution in [3.05, 3.63) is 59.9 Å². The number of rotatable bonds is 8. The van der Waals surface area contributed by atoms with Gasteiger partial charge in [0.05, 0.1) is 22.6 Å². The zero-order valence-corrected chi connectivity index (χ0v) is 20.9. The van der Waals surface area contributed by atoms with Gasteiger partial charge < -0.3 is 14.5 Å². The topological polar surface area (TPSA) is 116 Å². The van der Waals surface area contributed by atoms with Gasteiger partial charge in [0.15, 0.2) is 5.82 Å². The molecule has 1 aromatic heterocycles. The summed E-state index contributed by atoms with van der Waals surface area (Å²) in [5.74, 6) is 1.06. The van der Waals surface area contributed by atoms with E-state index in [1.54, 1.807) is 17.6 Å². The maximum atomic E-state index is 12.9. The van der Waals surface area contributed by atoms with Crippen LogP contribution in [0, 0.1) is 11.3 Å². The molecule has 0 radical (unpaired) electrons. The summed E-state index contributed by atoms with van der Waals surface area (Å²) in [5.41, 5.74) is 1.35. The highest BCUT2D eigenvalue weighted by Crippen LogP contribution is 2.27. The van der Waals surface area contributed by atoms with Gasteiger partial charge in [0.25, 0.3) is 0 Å². The van der Waals surface area contributed by atoms with Crippen LogP contribution in [-0.2, 0) is 16.6 Å². The summed E-state index contributed by atoms with van der Waals surface area (Å²) in [6, 6.07) is 15.3. The molecule has 1 aliphatic rings. The van der Waals surface area contributed by atoms with E-state index in [4.69, 9.17) is 10.00 Å². The lowest BCUT2D eigenvalue weighted by Gasteiger charge is -2.34. The van der Waals surface area contributed by atoms with Crippen molar-refractivity contribution < 1.29 is 13.2 Å². The van der Waals surface area contributed by atoms with Gasteiger partial charge in [0.2, 0.25) is 10.0 Å². The standard InChI is InChI=1S/C24H29N7O3S/c1-4-31-23(18(2)28-35(32,33)22-10-5-7-19(15-22)17-25)26-27-24(31)34-21-9-6-8-20(16-21)30-13-11-29(3)12-14-30/h5-10,15-16,18,28H,4,11-14H2,1-3H3/t18-/m1/s1. The number of sulfonamides is 1. The predicted molar refractivity (Wildman–Crippen MR) is 132 cm³/mol. The number of hydrogen-bond donors (Lipinski definition) is 1. The Morgan fingerprint density at radius 1 is 1.11 bits per heavy atom. The molecule has 10 nitrogen and oxygen atoms in total. The molecule has 11 heteroatoms. The van der Waals surface area contributed by atoms with Crippen LogP contribution in [0.3, 0.4) is 0 Å². The summed E-state index contributed by atoms with van der Waals surface area (Å²) < 4.78 is 36.2. The number of hydrogen-bond acceptors (Lipinski definition) is 8. The first-order valence-corrected chi connectivity index (χ1v) is 13.0. The van der Waals surface area contributed by atoms with Gasteiger partial charge in [-0.2, -0.15) is 5.26 Å². The van der Waals surface area contributed by atoms with Crippen LogP contribution < -0.4 is 14.4 Å². The summed E-state index contributed by atoms with van der Waals surface area (Å²) in [6.07, 6.45) is 0. The first kappa shape index (κ1) is 24.7. The summed E-state index contributed by atoms with van der Waals surface area (Å²) >= 11 is 0. The van der Waals surface area contributed by atoms with Gasteiger partial charge in [-0.3, -0.25) is 4.57 Å². The highest BCUT2D eigenvalue weighted by molar-refractivity contribution is 7.89. The summed E-state index contributed by atoms with van der Waals surface area (Å²) in [4.78, 5) is 4.64. The number of likely N-dealkylation sites (N-methyl/N-ethyl adjacent to an activating group) is 1. The molecular weight excluding hydrogens is 466 g/mol. The lowest BCUT2D eigenvalue weighted by Crippen LogP contribution is -2.44. The van der Waals surface area contributed by atoms with Gasteiger partial charge in [-0.05, 0) is 51.2 Å². The van der Waals surface area contributed by atoms with E-state index in [1.807, 2.05) is 31.2 Å². The molecule has 4 rings (SSSR count). The Bertz CT molecular complexity index is 1320. The normalized spacial score (nSPS) is 15.5. The SMILES string of the molecule is CCn1c(Oc2cccc(N3CCN(C)CC3)c2)nnc1[C@@H](C)NS(=O)(=O)c1cccc(C#N)c1. The van der Waals surface area contributed by atoms with E-state index < -0.39 is 16.1 Å². The van der Waals surface area contributed by atoms with E-state index >= 15 is 0 Å².